The van der Waals surface area contributed by atoms with Crippen molar-refractivity contribution in [2.24, 2.45) is 5.73 Å². The molecule has 0 aliphatic heterocycles. The van der Waals surface area contributed by atoms with E-state index in [0.29, 0.717) is 6.42 Å². The molecule has 0 aromatic carbocycles. The Kier molecular flexibility index (Phi) is 15.2. The molecule has 0 saturated carbocycles. The Balaban J connectivity index is 3.40. The Morgan fingerprint density at radius 2 is 1.41 bits per heavy atom. The van der Waals surface area contributed by atoms with Gasteiger partial charge in [0.05, 0.1) is 24.9 Å². The van der Waals surface area contributed by atoms with Crippen molar-refractivity contribution in [1.82, 2.24) is 0 Å². The maximum atomic E-state index is 9.72. The molecule has 4 nitrogen and oxygen atoms in total. The van der Waals surface area contributed by atoms with Crippen molar-refractivity contribution < 1.29 is 15.3 Å². The highest BCUT2D eigenvalue weighted by Crippen LogP contribution is 2.10. The maximum absolute atomic E-state index is 9.72. The minimum atomic E-state index is -1.04. The van der Waals surface area contributed by atoms with E-state index in [-0.39, 0.29) is 6.61 Å². The van der Waals surface area contributed by atoms with E-state index in [1.54, 1.807) is 0 Å². The molecule has 0 spiro atoms. The zero-order valence-corrected chi connectivity index (χ0v) is 14.3. The molecule has 2 unspecified atom stereocenters. The predicted molar refractivity (Wildman–Crippen MR) is 92.7 cm³/mol. The lowest BCUT2D eigenvalue weighted by molar-refractivity contribution is -0.0117. The van der Waals surface area contributed by atoms with Gasteiger partial charge in [0.1, 0.15) is 0 Å². The third-order valence-electron chi connectivity index (χ3n) is 4.06. The van der Waals surface area contributed by atoms with Crippen LogP contribution >= 0.6 is 0 Å². The summed E-state index contributed by atoms with van der Waals surface area (Å²) in [6.45, 7) is 1.93. The fourth-order valence-corrected chi connectivity index (χ4v) is 2.46. The molecule has 0 aromatic rings. The lowest BCUT2D eigenvalue weighted by Crippen LogP contribution is -2.45. The Hall–Kier alpha value is -0.420. The van der Waals surface area contributed by atoms with Gasteiger partial charge in [0.25, 0.3) is 0 Å². The van der Waals surface area contributed by atoms with Crippen LogP contribution in [0.1, 0.15) is 77.6 Å². The van der Waals surface area contributed by atoms with Crippen LogP contribution in [0.15, 0.2) is 12.2 Å². The van der Waals surface area contributed by atoms with Crippen LogP contribution in [0.5, 0.6) is 0 Å². The average molecular weight is 315 g/mol. The Morgan fingerprint density at radius 3 is 2.00 bits per heavy atom. The molecule has 0 aromatic heterocycles. The second-order valence-electron chi connectivity index (χ2n) is 6.22. The number of hydrogen-bond acceptors (Lipinski definition) is 4. The minimum absolute atomic E-state index is 0.309. The summed E-state index contributed by atoms with van der Waals surface area (Å²) in [5.41, 5.74) is 5.48. The second kappa shape index (κ2) is 15.5. The molecule has 0 amide bonds. The first-order valence-electron chi connectivity index (χ1n) is 9.01. The summed E-state index contributed by atoms with van der Waals surface area (Å²) < 4.78 is 0. The summed E-state index contributed by atoms with van der Waals surface area (Å²) >= 11 is 0. The van der Waals surface area contributed by atoms with Crippen LogP contribution in [-0.4, -0.2) is 40.2 Å². The highest BCUT2D eigenvalue weighted by molar-refractivity contribution is 4.83. The van der Waals surface area contributed by atoms with Gasteiger partial charge in [-0.15, -0.1) is 0 Å². The van der Waals surface area contributed by atoms with Gasteiger partial charge in [0.15, 0.2) is 0 Å². The minimum Gasteiger partial charge on any atom is -0.395 e. The summed E-state index contributed by atoms with van der Waals surface area (Å²) in [6.07, 6.45) is 15.2. The van der Waals surface area contributed by atoms with Gasteiger partial charge in [-0.3, -0.25) is 0 Å². The van der Waals surface area contributed by atoms with E-state index >= 15 is 0 Å². The van der Waals surface area contributed by atoms with Crippen molar-refractivity contribution in [3.63, 3.8) is 0 Å². The van der Waals surface area contributed by atoms with Crippen LogP contribution in [0.3, 0.4) is 0 Å². The molecule has 4 heteroatoms. The van der Waals surface area contributed by atoms with Crippen LogP contribution in [0.2, 0.25) is 0 Å². The maximum Gasteiger partial charge on any atom is 0.0971 e. The van der Waals surface area contributed by atoms with Crippen molar-refractivity contribution in [3.05, 3.63) is 12.2 Å². The average Bonchev–Trinajstić information content (AvgIpc) is 2.54. The molecule has 0 aliphatic carbocycles. The van der Waals surface area contributed by atoms with E-state index in [1.807, 2.05) is 0 Å². The van der Waals surface area contributed by atoms with E-state index in [2.05, 4.69) is 19.1 Å². The fourth-order valence-electron chi connectivity index (χ4n) is 2.46. The second-order valence-corrected chi connectivity index (χ2v) is 6.22. The van der Waals surface area contributed by atoms with Crippen LogP contribution in [-0.2, 0) is 0 Å². The van der Waals surface area contributed by atoms with Crippen molar-refractivity contribution in [2.75, 3.05) is 6.61 Å². The lowest BCUT2D eigenvalue weighted by atomic mass is 10.0. The number of hydrogen-bond donors (Lipinski definition) is 4. The Morgan fingerprint density at radius 1 is 0.864 bits per heavy atom. The number of rotatable bonds is 15. The van der Waals surface area contributed by atoms with Crippen LogP contribution in [0, 0.1) is 0 Å². The van der Waals surface area contributed by atoms with Gasteiger partial charge < -0.3 is 21.1 Å². The molecule has 5 N–H and O–H groups in total. The Bertz CT molecular complexity index is 259. The topological polar surface area (TPSA) is 86.7 Å². The predicted octanol–water partition coefficient (Wildman–Crippen LogP) is 2.90. The molecular weight excluding hydrogens is 278 g/mol. The van der Waals surface area contributed by atoms with E-state index in [9.17, 15) is 10.2 Å². The number of nitrogens with two attached hydrogens (primary N) is 1. The SMILES string of the molecule is CCCCCCCCC/C=C/CCCC(O)C(O)[C@H](N)CO. The summed E-state index contributed by atoms with van der Waals surface area (Å²) in [5, 5.41) is 28.1. The zero-order valence-electron chi connectivity index (χ0n) is 14.3. The molecular formula is C18H37NO3. The summed E-state index contributed by atoms with van der Waals surface area (Å²) in [5.74, 6) is 0. The molecule has 0 bridgehead atoms. The van der Waals surface area contributed by atoms with Crippen molar-refractivity contribution in [2.45, 2.75) is 95.8 Å². The van der Waals surface area contributed by atoms with Gasteiger partial charge >= 0.3 is 0 Å². The molecule has 0 saturated heterocycles. The van der Waals surface area contributed by atoms with Crippen LogP contribution < -0.4 is 5.73 Å². The van der Waals surface area contributed by atoms with Gasteiger partial charge in [0.2, 0.25) is 0 Å². The quantitative estimate of drug-likeness (QED) is 0.276. The van der Waals surface area contributed by atoms with E-state index in [0.717, 1.165) is 19.3 Å². The third-order valence-corrected chi connectivity index (χ3v) is 4.06. The van der Waals surface area contributed by atoms with Gasteiger partial charge in [-0.05, 0) is 32.1 Å². The molecule has 0 rings (SSSR count). The molecule has 0 heterocycles. The highest BCUT2D eigenvalue weighted by atomic mass is 16.3. The van der Waals surface area contributed by atoms with Crippen molar-refractivity contribution in [1.29, 1.82) is 0 Å². The van der Waals surface area contributed by atoms with E-state index in [4.69, 9.17) is 10.8 Å². The summed E-state index contributed by atoms with van der Waals surface area (Å²) in [6, 6.07) is -0.761. The first-order valence-corrected chi connectivity index (χ1v) is 9.01. The standard InChI is InChI=1S/C18H37NO3/c1-2-3-4-5-6-7-8-9-10-11-12-13-14-17(21)18(22)16(19)15-20/h10-11,16-18,20-22H,2-9,12-15,19H2,1H3/b11-10+/t16-,17?,18?/m1/s1. The van der Waals surface area contributed by atoms with E-state index in [1.165, 1.54) is 44.9 Å². The molecule has 0 radical (unpaired) electrons. The van der Waals surface area contributed by atoms with Gasteiger partial charge in [-0.1, -0.05) is 57.6 Å². The van der Waals surface area contributed by atoms with E-state index < -0.39 is 18.2 Å². The number of allylic oxidation sites excluding steroid dienone is 2. The fraction of sp³-hybridized carbons (Fsp3) is 0.889. The molecule has 0 aliphatic rings. The smallest absolute Gasteiger partial charge is 0.0971 e. The number of unbranched alkanes of at least 4 members (excludes halogenated alkanes) is 8. The summed E-state index contributed by atoms with van der Waals surface area (Å²) in [4.78, 5) is 0. The van der Waals surface area contributed by atoms with Gasteiger partial charge in [-0.25, -0.2) is 0 Å². The normalized spacial score (nSPS) is 16.0. The third kappa shape index (κ3) is 12.2. The monoisotopic (exact) mass is 315 g/mol. The summed E-state index contributed by atoms with van der Waals surface area (Å²) in [7, 11) is 0. The first kappa shape index (κ1) is 21.6. The van der Waals surface area contributed by atoms with Gasteiger partial charge in [-0.2, -0.15) is 0 Å². The van der Waals surface area contributed by atoms with Crippen molar-refractivity contribution in [3.8, 4) is 0 Å². The number of aliphatic hydroxyl groups excluding tert-OH is 3. The molecule has 132 valence electrons. The van der Waals surface area contributed by atoms with Crippen molar-refractivity contribution >= 4 is 0 Å². The lowest BCUT2D eigenvalue weighted by Gasteiger charge is -2.21. The largest absolute Gasteiger partial charge is 0.395 e. The van der Waals surface area contributed by atoms with Crippen LogP contribution in [0.25, 0.3) is 0 Å². The first-order chi connectivity index (χ1) is 10.6. The Labute approximate surface area is 136 Å². The van der Waals surface area contributed by atoms with Crippen LogP contribution in [0.4, 0.5) is 0 Å². The zero-order chi connectivity index (χ0) is 16.6. The molecule has 3 atom stereocenters. The highest BCUT2D eigenvalue weighted by Gasteiger charge is 2.21. The van der Waals surface area contributed by atoms with Gasteiger partial charge in [0, 0.05) is 0 Å². The molecule has 0 fully saturated rings. The molecule has 22 heavy (non-hydrogen) atoms. The number of aliphatic hydroxyl groups is 3.